The number of hydrogen-bond donors (Lipinski definition) is 0. The molecule has 0 radical (unpaired) electrons. The van der Waals surface area contributed by atoms with Gasteiger partial charge in [-0.1, -0.05) is 30.4 Å². The maximum atomic E-state index is 13.2. The van der Waals surface area contributed by atoms with Crippen LogP contribution in [0.4, 0.5) is 4.39 Å². The molecule has 0 bridgehead atoms. The SMILES string of the molecule is CCN(CCn1c(C)csc1=O)Cc1cccc(F)c1. The number of thiazole rings is 1. The molecule has 1 aromatic carbocycles. The fourth-order valence-electron chi connectivity index (χ4n) is 2.16. The van der Waals surface area contributed by atoms with Crippen molar-refractivity contribution in [1.29, 1.82) is 0 Å². The van der Waals surface area contributed by atoms with E-state index < -0.39 is 0 Å². The van der Waals surface area contributed by atoms with Crippen LogP contribution in [-0.4, -0.2) is 22.6 Å². The second-order valence-electron chi connectivity index (χ2n) is 4.79. The van der Waals surface area contributed by atoms with Crippen LogP contribution in [0.5, 0.6) is 0 Å². The van der Waals surface area contributed by atoms with Gasteiger partial charge in [0.25, 0.3) is 0 Å². The Morgan fingerprint density at radius 2 is 2.20 bits per heavy atom. The fourth-order valence-corrected chi connectivity index (χ4v) is 2.92. The Bertz CT molecular complexity index is 620. The second-order valence-corrected chi connectivity index (χ2v) is 5.61. The Morgan fingerprint density at radius 1 is 1.40 bits per heavy atom. The van der Waals surface area contributed by atoms with Gasteiger partial charge in [-0.2, -0.15) is 0 Å². The van der Waals surface area contributed by atoms with Crippen molar-refractivity contribution >= 4 is 11.3 Å². The van der Waals surface area contributed by atoms with Crippen LogP contribution in [0.2, 0.25) is 0 Å². The van der Waals surface area contributed by atoms with Crippen molar-refractivity contribution in [2.45, 2.75) is 26.9 Å². The lowest BCUT2D eigenvalue weighted by Gasteiger charge is -2.21. The number of nitrogens with zero attached hydrogens (tertiary/aromatic N) is 2. The first-order valence-electron chi connectivity index (χ1n) is 6.72. The van der Waals surface area contributed by atoms with Gasteiger partial charge in [-0.25, -0.2) is 4.39 Å². The predicted molar refractivity (Wildman–Crippen MR) is 80.7 cm³/mol. The van der Waals surface area contributed by atoms with Crippen molar-refractivity contribution in [1.82, 2.24) is 9.47 Å². The third kappa shape index (κ3) is 3.77. The number of aromatic nitrogens is 1. The van der Waals surface area contributed by atoms with Crippen LogP contribution in [-0.2, 0) is 13.1 Å². The summed E-state index contributed by atoms with van der Waals surface area (Å²) in [6, 6.07) is 6.67. The van der Waals surface area contributed by atoms with Gasteiger partial charge in [0, 0.05) is 30.7 Å². The van der Waals surface area contributed by atoms with Crippen molar-refractivity contribution in [3.05, 3.63) is 56.4 Å². The monoisotopic (exact) mass is 294 g/mol. The molecule has 108 valence electrons. The summed E-state index contributed by atoms with van der Waals surface area (Å²) in [7, 11) is 0. The molecule has 0 atom stereocenters. The molecule has 0 saturated carbocycles. The molecule has 5 heteroatoms. The molecule has 20 heavy (non-hydrogen) atoms. The highest BCUT2D eigenvalue weighted by molar-refractivity contribution is 7.07. The first kappa shape index (κ1) is 14.9. The summed E-state index contributed by atoms with van der Waals surface area (Å²) in [6.45, 7) is 7.05. The van der Waals surface area contributed by atoms with Crippen molar-refractivity contribution in [3.8, 4) is 0 Å². The molecular weight excluding hydrogens is 275 g/mol. The zero-order valence-electron chi connectivity index (χ0n) is 11.8. The minimum Gasteiger partial charge on any atom is -0.302 e. The number of rotatable bonds is 6. The molecule has 2 aromatic rings. The number of benzene rings is 1. The van der Waals surface area contributed by atoms with Gasteiger partial charge in [0.05, 0.1) is 0 Å². The highest BCUT2D eigenvalue weighted by Crippen LogP contribution is 2.08. The molecule has 2 rings (SSSR count). The Hall–Kier alpha value is -1.46. The summed E-state index contributed by atoms with van der Waals surface area (Å²) in [4.78, 5) is 14.0. The number of halogens is 1. The van der Waals surface area contributed by atoms with Crippen LogP contribution in [0.15, 0.2) is 34.4 Å². The van der Waals surface area contributed by atoms with Crippen molar-refractivity contribution in [3.63, 3.8) is 0 Å². The predicted octanol–water partition coefficient (Wildman–Crippen LogP) is 2.88. The number of likely N-dealkylation sites (N-methyl/N-ethyl adjacent to an activating group) is 1. The molecule has 1 aromatic heterocycles. The maximum Gasteiger partial charge on any atom is 0.307 e. The maximum absolute atomic E-state index is 13.2. The first-order valence-corrected chi connectivity index (χ1v) is 7.60. The average Bonchev–Trinajstić information content (AvgIpc) is 2.74. The summed E-state index contributed by atoms with van der Waals surface area (Å²) >= 11 is 1.24. The minimum absolute atomic E-state index is 0.0873. The third-order valence-corrected chi connectivity index (χ3v) is 4.24. The fraction of sp³-hybridized carbons (Fsp3) is 0.400. The number of aryl methyl sites for hydroxylation is 1. The first-order chi connectivity index (χ1) is 9.60. The topological polar surface area (TPSA) is 25.2 Å². The van der Waals surface area contributed by atoms with Crippen LogP contribution >= 0.6 is 11.3 Å². The van der Waals surface area contributed by atoms with Gasteiger partial charge in [-0.3, -0.25) is 9.69 Å². The highest BCUT2D eigenvalue weighted by atomic mass is 32.1. The molecule has 0 aliphatic heterocycles. The van der Waals surface area contributed by atoms with Crippen molar-refractivity contribution in [2.24, 2.45) is 0 Å². The van der Waals surface area contributed by atoms with Gasteiger partial charge in [-0.15, -0.1) is 0 Å². The third-order valence-electron chi connectivity index (χ3n) is 3.36. The van der Waals surface area contributed by atoms with E-state index in [-0.39, 0.29) is 10.7 Å². The van der Waals surface area contributed by atoms with Gasteiger partial charge >= 0.3 is 4.87 Å². The van der Waals surface area contributed by atoms with E-state index in [1.54, 1.807) is 16.7 Å². The summed E-state index contributed by atoms with van der Waals surface area (Å²) < 4.78 is 15.0. The highest BCUT2D eigenvalue weighted by Gasteiger charge is 2.07. The van der Waals surface area contributed by atoms with Crippen LogP contribution in [0.3, 0.4) is 0 Å². The molecule has 0 N–H and O–H groups in total. The van der Waals surface area contributed by atoms with Gasteiger partial charge < -0.3 is 4.57 Å². The van der Waals surface area contributed by atoms with Crippen molar-refractivity contribution < 1.29 is 4.39 Å². The minimum atomic E-state index is -0.205. The lowest BCUT2D eigenvalue weighted by Crippen LogP contribution is -2.29. The molecule has 3 nitrogen and oxygen atoms in total. The molecule has 0 aliphatic carbocycles. The van der Waals surface area contributed by atoms with Crippen molar-refractivity contribution in [2.75, 3.05) is 13.1 Å². The summed E-state index contributed by atoms with van der Waals surface area (Å²) in [5.41, 5.74) is 1.96. The Labute approximate surface area is 122 Å². The molecule has 0 fully saturated rings. The Morgan fingerprint density at radius 3 is 2.80 bits per heavy atom. The van der Waals surface area contributed by atoms with E-state index in [0.717, 1.165) is 24.3 Å². The largest absolute Gasteiger partial charge is 0.307 e. The van der Waals surface area contributed by atoms with E-state index in [0.29, 0.717) is 13.1 Å². The smallest absolute Gasteiger partial charge is 0.302 e. The van der Waals surface area contributed by atoms with Gasteiger partial charge in [0.15, 0.2) is 0 Å². The van der Waals surface area contributed by atoms with Crippen LogP contribution in [0.1, 0.15) is 18.2 Å². The zero-order chi connectivity index (χ0) is 14.5. The Kier molecular flexibility index (Phi) is 5.09. The second kappa shape index (κ2) is 6.81. The van der Waals surface area contributed by atoms with Gasteiger partial charge in [0.2, 0.25) is 0 Å². The quantitative estimate of drug-likeness (QED) is 0.818. The van der Waals surface area contributed by atoms with Crippen LogP contribution < -0.4 is 4.87 Å². The van der Waals surface area contributed by atoms with Crippen LogP contribution in [0, 0.1) is 12.7 Å². The molecule has 0 aliphatic rings. The molecule has 0 unspecified atom stereocenters. The van der Waals surface area contributed by atoms with E-state index >= 15 is 0 Å². The Balaban J connectivity index is 1.98. The normalized spacial score (nSPS) is 11.2. The summed E-state index contributed by atoms with van der Waals surface area (Å²) in [5, 5.41) is 1.88. The summed E-state index contributed by atoms with van der Waals surface area (Å²) in [6.07, 6.45) is 0. The van der Waals surface area contributed by atoms with Crippen LogP contribution in [0.25, 0.3) is 0 Å². The average molecular weight is 294 g/mol. The van der Waals surface area contributed by atoms with E-state index in [2.05, 4.69) is 11.8 Å². The molecule has 0 spiro atoms. The molecule has 0 saturated heterocycles. The lowest BCUT2D eigenvalue weighted by atomic mass is 10.2. The summed E-state index contributed by atoms with van der Waals surface area (Å²) in [5.74, 6) is -0.205. The van der Waals surface area contributed by atoms with E-state index in [1.165, 1.54) is 17.4 Å². The molecule has 0 amide bonds. The van der Waals surface area contributed by atoms with E-state index in [9.17, 15) is 9.18 Å². The standard InChI is InChI=1S/C15H19FN2OS/c1-3-17(10-13-5-4-6-14(16)9-13)7-8-18-12(2)11-20-15(18)19/h4-6,9,11H,3,7-8,10H2,1-2H3. The van der Waals surface area contributed by atoms with Gasteiger partial charge in [-0.05, 0) is 31.2 Å². The lowest BCUT2D eigenvalue weighted by molar-refractivity contribution is 0.266. The molecule has 1 heterocycles. The zero-order valence-corrected chi connectivity index (χ0v) is 12.6. The number of hydrogen-bond acceptors (Lipinski definition) is 3. The van der Waals surface area contributed by atoms with Gasteiger partial charge in [0.1, 0.15) is 5.82 Å². The molecular formula is C15H19FN2OS. The van der Waals surface area contributed by atoms with E-state index in [1.807, 2.05) is 18.4 Å². The van der Waals surface area contributed by atoms with E-state index in [4.69, 9.17) is 0 Å².